The van der Waals surface area contributed by atoms with Crippen LogP contribution in [0.15, 0.2) is 95.9 Å². The van der Waals surface area contributed by atoms with Crippen LogP contribution in [0.4, 0.5) is 17.1 Å². The maximum Gasteiger partial charge on any atom is 0.0640 e. The van der Waals surface area contributed by atoms with Gasteiger partial charge in [-0.25, -0.2) is 0 Å². The molecule has 2 aliphatic carbocycles. The highest BCUT2D eigenvalue weighted by molar-refractivity contribution is 5.76. The Kier molecular flexibility index (Phi) is 11.5. The van der Waals surface area contributed by atoms with E-state index >= 15 is 0 Å². The normalized spacial score (nSPS) is 19.4. The fourth-order valence-corrected chi connectivity index (χ4v) is 8.49. The van der Waals surface area contributed by atoms with E-state index in [0.29, 0.717) is 11.8 Å². The summed E-state index contributed by atoms with van der Waals surface area (Å²) in [6, 6.07) is 19.1. The average molecular weight is 725 g/mol. The van der Waals surface area contributed by atoms with Gasteiger partial charge in [0.15, 0.2) is 0 Å². The third kappa shape index (κ3) is 8.24. The summed E-state index contributed by atoms with van der Waals surface area (Å²) >= 11 is 0. The van der Waals surface area contributed by atoms with Crippen molar-refractivity contribution in [1.29, 1.82) is 0 Å². The van der Waals surface area contributed by atoms with Gasteiger partial charge in [-0.15, -0.1) is 0 Å². The molecule has 54 heavy (non-hydrogen) atoms. The van der Waals surface area contributed by atoms with Gasteiger partial charge in [-0.3, -0.25) is 0 Å². The molecule has 0 N–H and O–H groups in total. The van der Waals surface area contributed by atoms with Gasteiger partial charge < -0.3 is 9.80 Å². The molecule has 0 bridgehead atoms. The molecule has 0 heterocycles. The maximum absolute atomic E-state index is 2.72. The molecule has 2 heteroatoms. The molecule has 0 amide bonds. The molecule has 5 rings (SSSR count). The minimum Gasteiger partial charge on any atom is -0.335 e. The standard InChI is InChI=1S/C52H72N2/c1-18-51(15,16)41-19-21-44(22-20-41)53(47-36(5)29-42(30-37(47)6)49(9,10)11)45-23-24-46(35(4)33-45)54(52(17)27-25-40(26-28-52)34(2)3)48-38(7)31-43(32-39(48)8)50(12,13)14/h19-27,29-32,34-35H,18,28,33H2,1-17H3. The number of nitrogens with zero attached hydrogens (tertiary/aromatic N) is 2. The van der Waals surface area contributed by atoms with Crippen LogP contribution in [0.3, 0.4) is 0 Å². The van der Waals surface area contributed by atoms with Crippen molar-refractivity contribution >= 4 is 17.1 Å². The van der Waals surface area contributed by atoms with Crippen LogP contribution in [0, 0.1) is 39.5 Å². The zero-order chi connectivity index (χ0) is 40.1. The molecule has 0 fully saturated rings. The van der Waals surface area contributed by atoms with E-state index < -0.39 is 0 Å². The lowest BCUT2D eigenvalue weighted by Gasteiger charge is -2.48. The number of hydrogen-bond donors (Lipinski definition) is 0. The van der Waals surface area contributed by atoms with Crippen LogP contribution in [-0.2, 0) is 16.2 Å². The Hall–Kier alpha value is -3.78. The average Bonchev–Trinajstić information content (AvgIpc) is 3.07. The summed E-state index contributed by atoms with van der Waals surface area (Å²) in [4.78, 5) is 5.29. The van der Waals surface area contributed by atoms with E-state index in [1.165, 1.54) is 73.0 Å². The largest absolute Gasteiger partial charge is 0.335 e. The third-order valence-electron chi connectivity index (χ3n) is 12.5. The fraction of sp³-hybridized carbons (Fsp3) is 0.500. The van der Waals surface area contributed by atoms with E-state index in [1.807, 2.05) is 0 Å². The van der Waals surface area contributed by atoms with E-state index in [-0.39, 0.29) is 21.8 Å². The number of aryl methyl sites for hydroxylation is 4. The summed E-state index contributed by atoms with van der Waals surface area (Å²) < 4.78 is 0. The lowest BCUT2D eigenvalue weighted by atomic mass is 9.80. The molecule has 0 saturated heterocycles. The Bertz CT molecular complexity index is 1930. The van der Waals surface area contributed by atoms with Crippen molar-refractivity contribution in [3.8, 4) is 0 Å². The molecule has 290 valence electrons. The summed E-state index contributed by atoms with van der Waals surface area (Å²) in [7, 11) is 0. The molecule has 3 aromatic rings. The van der Waals surface area contributed by atoms with Crippen molar-refractivity contribution in [3.05, 3.63) is 135 Å². The Morgan fingerprint density at radius 1 is 0.722 bits per heavy atom. The predicted molar refractivity (Wildman–Crippen MR) is 239 cm³/mol. The lowest BCUT2D eigenvalue weighted by molar-refractivity contribution is 0.498. The van der Waals surface area contributed by atoms with Crippen LogP contribution >= 0.6 is 0 Å². The minimum atomic E-state index is -0.194. The quantitative estimate of drug-likeness (QED) is 0.217. The monoisotopic (exact) mass is 725 g/mol. The van der Waals surface area contributed by atoms with Gasteiger partial charge in [0.25, 0.3) is 0 Å². The molecule has 2 nitrogen and oxygen atoms in total. The van der Waals surface area contributed by atoms with E-state index in [4.69, 9.17) is 0 Å². The van der Waals surface area contributed by atoms with Crippen LogP contribution in [0.5, 0.6) is 0 Å². The number of hydrogen-bond acceptors (Lipinski definition) is 2. The van der Waals surface area contributed by atoms with E-state index in [9.17, 15) is 0 Å². The van der Waals surface area contributed by atoms with E-state index in [1.54, 1.807) is 0 Å². The molecule has 3 aromatic carbocycles. The Morgan fingerprint density at radius 3 is 1.63 bits per heavy atom. The summed E-state index contributed by atoms with van der Waals surface area (Å²) in [5.74, 6) is 0.812. The molecule has 0 saturated carbocycles. The second kappa shape index (κ2) is 15.0. The minimum absolute atomic E-state index is 0.0854. The topological polar surface area (TPSA) is 6.48 Å². The van der Waals surface area contributed by atoms with Crippen molar-refractivity contribution in [1.82, 2.24) is 0 Å². The molecule has 2 unspecified atom stereocenters. The SMILES string of the molecule is CCC(C)(C)c1ccc(N(C2=CC=C(N(c3c(C)cc(C(C)(C)C)cc3C)C3(C)C=CC(C(C)C)=CC3)C(C)C2)c2c(C)cc(C(C)(C)C)cc2C)cc1. The first-order valence-electron chi connectivity index (χ1n) is 20.7. The van der Waals surface area contributed by atoms with Gasteiger partial charge in [-0.05, 0) is 145 Å². The van der Waals surface area contributed by atoms with Crippen molar-refractivity contribution in [2.24, 2.45) is 11.8 Å². The van der Waals surface area contributed by atoms with Crippen molar-refractivity contribution in [2.75, 3.05) is 9.80 Å². The molecular weight excluding hydrogens is 653 g/mol. The summed E-state index contributed by atoms with van der Waals surface area (Å²) in [5.41, 5.74) is 17.7. The third-order valence-corrected chi connectivity index (χ3v) is 12.5. The summed E-state index contributed by atoms with van der Waals surface area (Å²) in [6.45, 7) is 39.7. The molecule has 0 aromatic heterocycles. The van der Waals surface area contributed by atoms with Gasteiger partial charge in [-0.1, -0.05) is 138 Å². The second-order valence-electron chi connectivity index (χ2n) is 20.0. The van der Waals surface area contributed by atoms with Gasteiger partial charge in [0.2, 0.25) is 0 Å². The van der Waals surface area contributed by atoms with Crippen LogP contribution in [-0.4, -0.2) is 5.54 Å². The molecule has 2 aliphatic rings. The zero-order valence-corrected chi connectivity index (χ0v) is 37.2. The van der Waals surface area contributed by atoms with Crippen LogP contribution in [0.25, 0.3) is 0 Å². The molecule has 2 atom stereocenters. The fourth-order valence-electron chi connectivity index (χ4n) is 8.49. The highest BCUT2D eigenvalue weighted by Gasteiger charge is 2.38. The van der Waals surface area contributed by atoms with Gasteiger partial charge in [0.05, 0.1) is 11.2 Å². The Balaban J connectivity index is 1.71. The van der Waals surface area contributed by atoms with Crippen molar-refractivity contribution < 1.29 is 0 Å². The first-order chi connectivity index (χ1) is 25.0. The molecular formula is C52H72N2. The van der Waals surface area contributed by atoms with Crippen molar-refractivity contribution in [3.63, 3.8) is 0 Å². The van der Waals surface area contributed by atoms with Crippen LogP contribution in [0.1, 0.15) is 148 Å². The summed E-state index contributed by atoms with van der Waals surface area (Å²) in [6.07, 6.45) is 15.3. The van der Waals surface area contributed by atoms with Gasteiger partial charge in [-0.2, -0.15) is 0 Å². The van der Waals surface area contributed by atoms with Crippen LogP contribution < -0.4 is 9.80 Å². The maximum atomic E-state index is 2.72. The predicted octanol–water partition coefficient (Wildman–Crippen LogP) is 15.0. The Labute approximate surface area is 331 Å². The van der Waals surface area contributed by atoms with Crippen LogP contribution in [0.2, 0.25) is 0 Å². The lowest BCUT2D eigenvalue weighted by Crippen LogP contribution is -2.47. The van der Waals surface area contributed by atoms with Gasteiger partial charge in [0, 0.05) is 28.7 Å². The van der Waals surface area contributed by atoms with Crippen molar-refractivity contribution in [2.45, 2.75) is 159 Å². The highest BCUT2D eigenvalue weighted by Crippen LogP contribution is 2.47. The molecule has 0 aliphatic heterocycles. The highest BCUT2D eigenvalue weighted by atomic mass is 15.2. The number of allylic oxidation sites excluding steroid dienone is 6. The first kappa shape index (κ1) is 41.4. The second-order valence-corrected chi connectivity index (χ2v) is 20.0. The first-order valence-corrected chi connectivity index (χ1v) is 20.7. The van der Waals surface area contributed by atoms with E-state index in [0.717, 1.165) is 19.3 Å². The smallest absolute Gasteiger partial charge is 0.0640 e. The van der Waals surface area contributed by atoms with Gasteiger partial charge >= 0.3 is 0 Å². The zero-order valence-electron chi connectivity index (χ0n) is 37.2. The van der Waals surface area contributed by atoms with E-state index in [2.05, 4.69) is 206 Å². The molecule has 0 radical (unpaired) electrons. The Morgan fingerprint density at radius 2 is 1.22 bits per heavy atom. The van der Waals surface area contributed by atoms with Gasteiger partial charge in [0.1, 0.15) is 0 Å². The number of benzene rings is 3. The number of anilines is 3. The number of rotatable bonds is 9. The summed E-state index contributed by atoms with van der Waals surface area (Å²) in [5, 5.41) is 0. The molecule has 0 spiro atoms.